The Morgan fingerprint density at radius 1 is 1.00 bits per heavy atom. The van der Waals surface area contributed by atoms with Crippen LogP contribution in [0.15, 0.2) is 54.6 Å². The SMILES string of the molecule is CC(Cl)c1nc2ccccc2n1C(C)Cc1ccccc1. The fraction of sp³-hybridized carbons (Fsp3) is 0.278. The quantitative estimate of drug-likeness (QED) is 0.610. The van der Waals surface area contributed by atoms with Crippen molar-refractivity contribution >= 4 is 22.6 Å². The minimum absolute atomic E-state index is 0.101. The summed E-state index contributed by atoms with van der Waals surface area (Å²) in [6.45, 7) is 4.21. The molecule has 0 amide bonds. The van der Waals surface area contributed by atoms with Crippen LogP contribution in [0.25, 0.3) is 11.0 Å². The van der Waals surface area contributed by atoms with Crippen LogP contribution in [0.5, 0.6) is 0 Å². The van der Waals surface area contributed by atoms with E-state index in [0.717, 1.165) is 23.3 Å². The predicted molar refractivity (Wildman–Crippen MR) is 88.9 cm³/mol. The lowest BCUT2D eigenvalue weighted by atomic mass is 10.1. The fourth-order valence-corrected chi connectivity index (χ4v) is 3.01. The minimum Gasteiger partial charge on any atom is -0.324 e. The van der Waals surface area contributed by atoms with Crippen LogP contribution in [0.3, 0.4) is 0 Å². The van der Waals surface area contributed by atoms with E-state index in [2.05, 4.69) is 47.9 Å². The highest BCUT2D eigenvalue weighted by atomic mass is 35.5. The number of rotatable bonds is 4. The average Bonchev–Trinajstić information content (AvgIpc) is 2.88. The third-order valence-corrected chi connectivity index (χ3v) is 3.99. The van der Waals surface area contributed by atoms with Gasteiger partial charge in [0.2, 0.25) is 0 Å². The van der Waals surface area contributed by atoms with Crippen LogP contribution in [-0.2, 0) is 6.42 Å². The second kappa shape index (κ2) is 5.90. The van der Waals surface area contributed by atoms with Gasteiger partial charge in [-0.05, 0) is 38.0 Å². The molecule has 0 fully saturated rings. The number of nitrogens with zero attached hydrogens (tertiary/aromatic N) is 2. The van der Waals surface area contributed by atoms with E-state index in [1.165, 1.54) is 5.56 Å². The van der Waals surface area contributed by atoms with E-state index >= 15 is 0 Å². The Labute approximate surface area is 130 Å². The molecule has 1 aromatic heterocycles. The topological polar surface area (TPSA) is 17.8 Å². The molecule has 2 aromatic carbocycles. The molecule has 3 aromatic rings. The zero-order chi connectivity index (χ0) is 14.8. The number of halogens is 1. The molecule has 0 aliphatic heterocycles. The Hall–Kier alpha value is -1.80. The molecule has 0 aliphatic rings. The van der Waals surface area contributed by atoms with E-state index in [-0.39, 0.29) is 5.38 Å². The minimum atomic E-state index is -0.101. The maximum Gasteiger partial charge on any atom is 0.127 e. The lowest BCUT2D eigenvalue weighted by Crippen LogP contribution is -2.12. The number of fused-ring (bicyclic) bond motifs is 1. The molecule has 0 spiro atoms. The first kappa shape index (κ1) is 14.2. The van der Waals surface area contributed by atoms with Gasteiger partial charge in [-0.25, -0.2) is 4.98 Å². The standard InChI is InChI=1S/C18H19ClN2/c1-13(12-15-8-4-3-5-9-15)21-17-11-7-6-10-16(17)20-18(21)14(2)19/h3-11,13-14H,12H2,1-2H3. The second-order valence-electron chi connectivity index (χ2n) is 5.48. The van der Waals surface area contributed by atoms with Gasteiger partial charge in [0, 0.05) is 6.04 Å². The largest absolute Gasteiger partial charge is 0.324 e. The number of benzene rings is 2. The monoisotopic (exact) mass is 298 g/mol. The highest BCUT2D eigenvalue weighted by molar-refractivity contribution is 6.20. The Balaban J connectivity index is 2.03. The van der Waals surface area contributed by atoms with Gasteiger partial charge in [-0.1, -0.05) is 42.5 Å². The first-order valence-corrected chi connectivity index (χ1v) is 7.75. The molecule has 0 bridgehead atoms. The highest BCUT2D eigenvalue weighted by Crippen LogP contribution is 2.29. The zero-order valence-electron chi connectivity index (χ0n) is 12.3. The van der Waals surface area contributed by atoms with E-state index in [1.807, 2.05) is 25.1 Å². The van der Waals surface area contributed by atoms with E-state index < -0.39 is 0 Å². The van der Waals surface area contributed by atoms with Crippen LogP contribution in [0.4, 0.5) is 0 Å². The van der Waals surface area contributed by atoms with Crippen molar-refractivity contribution in [2.45, 2.75) is 31.7 Å². The smallest absolute Gasteiger partial charge is 0.127 e. The molecule has 3 heteroatoms. The average molecular weight is 299 g/mol. The lowest BCUT2D eigenvalue weighted by molar-refractivity contribution is 0.535. The molecule has 21 heavy (non-hydrogen) atoms. The summed E-state index contributed by atoms with van der Waals surface area (Å²) in [7, 11) is 0. The van der Waals surface area contributed by atoms with Gasteiger partial charge in [0.1, 0.15) is 5.82 Å². The number of hydrogen-bond donors (Lipinski definition) is 0. The van der Waals surface area contributed by atoms with Gasteiger partial charge in [0.25, 0.3) is 0 Å². The molecule has 0 N–H and O–H groups in total. The normalized spacial score (nSPS) is 14.2. The Morgan fingerprint density at radius 3 is 2.38 bits per heavy atom. The third-order valence-electron chi connectivity index (χ3n) is 3.79. The van der Waals surface area contributed by atoms with Crippen LogP contribution < -0.4 is 0 Å². The molecule has 0 saturated carbocycles. The van der Waals surface area contributed by atoms with Crippen LogP contribution in [0, 0.1) is 0 Å². The van der Waals surface area contributed by atoms with Crippen molar-refractivity contribution in [2.24, 2.45) is 0 Å². The maximum absolute atomic E-state index is 6.34. The number of imidazole rings is 1. The van der Waals surface area contributed by atoms with Crippen molar-refractivity contribution in [1.82, 2.24) is 9.55 Å². The molecule has 3 rings (SSSR count). The predicted octanol–water partition coefficient (Wildman–Crippen LogP) is 5.14. The summed E-state index contributed by atoms with van der Waals surface area (Å²) in [6.07, 6.45) is 0.970. The fourth-order valence-electron chi connectivity index (χ4n) is 2.85. The summed E-state index contributed by atoms with van der Waals surface area (Å²) < 4.78 is 2.28. The van der Waals surface area contributed by atoms with Gasteiger partial charge in [-0.15, -0.1) is 11.6 Å². The van der Waals surface area contributed by atoms with Gasteiger partial charge in [0.15, 0.2) is 0 Å². The summed E-state index contributed by atoms with van der Waals surface area (Å²) in [5.41, 5.74) is 3.50. The molecule has 0 aliphatic carbocycles. The van der Waals surface area contributed by atoms with Crippen LogP contribution in [-0.4, -0.2) is 9.55 Å². The van der Waals surface area contributed by atoms with Crippen molar-refractivity contribution in [3.63, 3.8) is 0 Å². The van der Waals surface area contributed by atoms with Gasteiger partial charge in [-0.2, -0.15) is 0 Å². The van der Waals surface area contributed by atoms with Gasteiger partial charge >= 0.3 is 0 Å². The first-order chi connectivity index (χ1) is 10.2. The molecule has 2 nitrogen and oxygen atoms in total. The molecule has 2 unspecified atom stereocenters. The molecular weight excluding hydrogens is 280 g/mol. The van der Waals surface area contributed by atoms with E-state index in [4.69, 9.17) is 16.6 Å². The van der Waals surface area contributed by atoms with Gasteiger partial charge in [0.05, 0.1) is 16.4 Å². The Morgan fingerprint density at radius 2 is 1.67 bits per heavy atom. The molecule has 1 heterocycles. The van der Waals surface area contributed by atoms with Crippen LogP contribution in [0.1, 0.15) is 36.7 Å². The summed E-state index contributed by atoms with van der Waals surface area (Å²) in [4.78, 5) is 4.71. The van der Waals surface area contributed by atoms with Gasteiger partial charge in [-0.3, -0.25) is 0 Å². The van der Waals surface area contributed by atoms with E-state index in [1.54, 1.807) is 0 Å². The summed E-state index contributed by atoms with van der Waals surface area (Å²) >= 11 is 6.34. The van der Waals surface area contributed by atoms with E-state index in [9.17, 15) is 0 Å². The second-order valence-corrected chi connectivity index (χ2v) is 6.14. The molecule has 0 radical (unpaired) electrons. The van der Waals surface area contributed by atoms with Crippen molar-refractivity contribution in [3.8, 4) is 0 Å². The molecule has 2 atom stereocenters. The van der Waals surface area contributed by atoms with Crippen molar-refractivity contribution in [2.75, 3.05) is 0 Å². The van der Waals surface area contributed by atoms with Gasteiger partial charge < -0.3 is 4.57 Å². The van der Waals surface area contributed by atoms with Crippen molar-refractivity contribution < 1.29 is 0 Å². The summed E-state index contributed by atoms with van der Waals surface area (Å²) in [5, 5.41) is -0.101. The third kappa shape index (κ3) is 2.81. The highest BCUT2D eigenvalue weighted by Gasteiger charge is 2.18. The summed E-state index contributed by atoms with van der Waals surface area (Å²) in [5.74, 6) is 0.946. The lowest BCUT2D eigenvalue weighted by Gasteiger charge is -2.19. The number of aromatic nitrogens is 2. The number of alkyl halides is 1. The molecule has 108 valence electrons. The molecule has 0 saturated heterocycles. The molecular formula is C18H19ClN2. The first-order valence-electron chi connectivity index (χ1n) is 7.31. The number of para-hydroxylation sites is 2. The van der Waals surface area contributed by atoms with Crippen LogP contribution >= 0.6 is 11.6 Å². The Bertz CT molecular complexity index is 731. The van der Waals surface area contributed by atoms with Crippen LogP contribution in [0.2, 0.25) is 0 Å². The maximum atomic E-state index is 6.34. The Kier molecular flexibility index (Phi) is 3.98. The van der Waals surface area contributed by atoms with Crippen molar-refractivity contribution in [1.29, 1.82) is 0 Å². The van der Waals surface area contributed by atoms with Crippen molar-refractivity contribution in [3.05, 3.63) is 66.0 Å². The van der Waals surface area contributed by atoms with E-state index in [0.29, 0.717) is 6.04 Å². The summed E-state index contributed by atoms with van der Waals surface area (Å²) in [6, 6.07) is 19.1. The zero-order valence-corrected chi connectivity index (χ0v) is 13.1. The number of hydrogen-bond acceptors (Lipinski definition) is 1.